The van der Waals surface area contributed by atoms with E-state index >= 15 is 0 Å². The lowest BCUT2D eigenvalue weighted by Gasteiger charge is -2.34. The predicted octanol–water partition coefficient (Wildman–Crippen LogP) is 4.68. The van der Waals surface area contributed by atoms with Gasteiger partial charge in [-0.05, 0) is 88.4 Å². The van der Waals surface area contributed by atoms with Gasteiger partial charge in [-0.1, -0.05) is 42.5 Å². The number of ether oxygens (including phenoxy) is 2. The Labute approximate surface area is 294 Å². The van der Waals surface area contributed by atoms with Gasteiger partial charge in [-0.3, -0.25) is 18.8 Å². The molecular weight excluding hydrogens is 660 g/mol. The van der Waals surface area contributed by atoms with E-state index in [-0.39, 0.29) is 35.4 Å². The maximum Gasteiger partial charge on any atom is 0.410 e. The van der Waals surface area contributed by atoms with Gasteiger partial charge in [-0.15, -0.1) is 0 Å². The zero-order valence-electron chi connectivity index (χ0n) is 29.7. The summed E-state index contributed by atoms with van der Waals surface area (Å²) in [5.41, 5.74) is 1.29. The van der Waals surface area contributed by atoms with Gasteiger partial charge in [-0.2, -0.15) is 0 Å². The van der Waals surface area contributed by atoms with Crippen molar-refractivity contribution < 1.29 is 37.4 Å². The first-order valence-electron chi connectivity index (χ1n) is 16.5. The summed E-state index contributed by atoms with van der Waals surface area (Å²) >= 11 is 0. The van der Waals surface area contributed by atoms with Crippen LogP contribution in [0.15, 0.2) is 72.8 Å². The van der Waals surface area contributed by atoms with E-state index < -0.39 is 45.7 Å². The number of nitrogens with one attached hydrogen (secondary N) is 2. The molecule has 4 unspecified atom stereocenters. The van der Waals surface area contributed by atoms with Crippen LogP contribution in [0.2, 0.25) is 0 Å². The van der Waals surface area contributed by atoms with Crippen LogP contribution < -0.4 is 19.7 Å². The summed E-state index contributed by atoms with van der Waals surface area (Å²) in [5, 5.41) is 17.0. The van der Waals surface area contributed by atoms with Crippen LogP contribution in [0.1, 0.15) is 78.4 Å². The second kappa shape index (κ2) is 15.9. The van der Waals surface area contributed by atoms with Gasteiger partial charge in [0.1, 0.15) is 11.4 Å². The summed E-state index contributed by atoms with van der Waals surface area (Å²) in [6, 6.07) is 19.8. The summed E-state index contributed by atoms with van der Waals surface area (Å²) in [5.74, 6) is -0.435. The van der Waals surface area contributed by atoms with Crippen LogP contribution >= 0.6 is 0 Å². The largest absolute Gasteiger partial charge is 0.497 e. The van der Waals surface area contributed by atoms with Crippen molar-refractivity contribution in [3.63, 3.8) is 0 Å². The van der Waals surface area contributed by atoms with Crippen molar-refractivity contribution in [3.05, 3.63) is 95.1 Å². The molecule has 3 N–H and O–H groups in total. The fourth-order valence-corrected chi connectivity index (χ4v) is 6.44. The molecule has 13 heteroatoms. The van der Waals surface area contributed by atoms with Crippen molar-refractivity contribution in [2.24, 2.45) is 0 Å². The molecule has 1 aliphatic rings. The topological polar surface area (TPSA) is 155 Å². The van der Waals surface area contributed by atoms with Crippen LogP contribution in [0.4, 0.5) is 10.5 Å². The van der Waals surface area contributed by atoms with E-state index in [1.807, 2.05) is 61.5 Å². The lowest BCUT2D eigenvalue weighted by atomic mass is 10.0. The van der Waals surface area contributed by atoms with Gasteiger partial charge < -0.3 is 25.2 Å². The molecule has 0 saturated carbocycles. The van der Waals surface area contributed by atoms with Gasteiger partial charge in [0.2, 0.25) is 10.0 Å². The highest BCUT2D eigenvalue weighted by atomic mass is 32.2. The molecule has 3 aromatic carbocycles. The Balaban J connectivity index is 1.54. The van der Waals surface area contributed by atoms with Gasteiger partial charge in [0.05, 0.1) is 37.2 Å². The smallest absolute Gasteiger partial charge is 0.410 e. The molecule has 4 atom stereocenters. The Hall–Kier alpha value is -4.62. The van der Waals surface area contributed by atoms with Crippen molar-refractivity contribution in [2.75, 3.05) is 31.3 Å². The number of carbonyl (C=O) groups is 3. The first-order valence-corrected chi connectivity index (χ1v) is 18.4. The third kappa shape index (κ3) is 9.97. The molecule has 0 bridgehead atoms. The third-order valence-corrected chi connectivity index (χ3v) is 9.83. The zero-order valence-corrected chi connectivity index (χ0v) is 30.5. The zero-order chi connectivity index (χ0) is 36.8. The summed E-state index contributed by atoms with van der Waals surface area (Å²) in [4.78, 5) is 42.0. The summed E-state index contributed by atoms with van der Waals surface area (Å²) in [7, 11) is -0.810. The molecule has 0 aliphatic carbocycles. The molecular formula is C37H48N4O8S. The predicted molar refractivity (Wildman–Crippen MR) is 192 cm³/mol. The third-order valence-electron chi connectivity index (χ3n) is 8.62. The molecule has 1 aliphatic heterocycles. The van der Waals surface area contributed by atoms with Gasteiger partial charge in [0.25, 0.3) is 11.8 Å². The minimum absolute atomic E-state index is 0.0223. The van der Waals surface area contributed by atoms with E-state index in [9.17, 15) is 27.9 Å². The summed E-state index contributed by atoms with van der Waals surface area (Å²) < 4.78 is 36.9. The number of anilines is 1. The Morgan fingerprint density at radius 1 is 0.980 bits per heavy atom. The van der Waals surface area contributed by atoms with Crippen LogP contribution in [0.3, 0.4) is 0 Å². The number of hydrogen-bond donors (Lipinski definition) is 3. The van der Waals surface area contributed by atoms with Crippen molar-refractivity contribution in [1.82, 2.24) is 15.5 Å². The number of likely N-dealkylation sites (tertiary alicyclic amines) is 1. The fourth-order valence-electron chi connectivity index (χ4n) is 5.95. The lowest BCUT2D eigenvalue weighted by molar-refractivity contribution is -0.00363. The van der Waals surface area contributed by atoms with Gasteiger partial charge in [-0.25, -0.2) is 13.2 Å². The Morgan fingerprint density at radius 2 is 1.64 bits per heavy atom. The van der Waals surface area contributed by atoms with Crippen molar-refractivity contribution in [3.8, 4) is 5.75 Å². The second-order valence-corrected chi connectivity index (χ2v) is 15.6. The number of methoxy groups -OCH3 is 1. The SMILES string of the molecule is COc1cccc(CC2CCC(C(O)CNC(=O)c3cc(C(=O)NC(C)c4ccccc4)cc(N(C)S(C)(=O)=O)c3)N2C(=O)OC(C)(C)C)c1. The van der Waals surface area contributed by atoms with Gasteiger partial charge in [0, 0.05) is 30.8 Å². The molecule has 4 rings (SSSR count). The Morgan fingerprint density at radius 3 is 2.26 bits per heavy atom. The van der Waals surface area contributed by atoms with E-state index in [0.29, 0.717) is 25.0 Å². The van der Waals surface area contributed by atoms with Crippen LogP contribution in [-0.4, -0.2) is 87.1 Å². The number of nitrogens with zero attached hydrogens (tertiary/aromatic N) is 2. The molecule has 50 heavy (non-hydrogen) atoms. The molecule has 1 fully saturated rings. The molecule has 3 amide bonds. The van der Waals surface area contributed by atoms with Crippen LogP contribution in [0, 0.1) is 0 Å². The normalized spacial score (nSPS) is 17.4. The first kappa shape index (κ1) is 38.2. The molecule has 1 saturated heterocycles. The first-order chi connectivity index (χ1) is 23.5. The van der Waals surface area contributed by atoms with E-state index in [4.69, 9.17) is 9.47 Å². The minimum Gasteiger partial charge on any atom is -0.497 e. The Bertz CT molecular complexity index is 1780. The summed E-state index contributed by atoms with van der Waals surface area (Å²) in [6.07, 6.45) is 0.899. The number of benzene rings is 3. The van der Waals surface area contributed by atoms with Crippen LogP contribution in [0.25, 0.3) is 0 Å². The molecule has 0 aromatic heterocycles. The van der Waals surface area contributed by atoms with Crippen LogP contribution in [-0.2, 0) is 21.2 Å². The van der Waals surface area contributed by atoms with E-state index in [2.05, 4.69) is 10.6 Å². The molecule has 1 heterocycles. The number of sulfonamides is 1. The van der Waals surface area contributed by atoms with Crippen molar-refractivity contribution in [1.29, 1.82) is 0 Å². The number of carbonyl (C=O) groups excluding carboxylic acids is 3. The average molecular weight is 709 g/mol. The highest BCUT2D eigenvalue weighted by Crippen LogP contribution is 2.31. The summed E-state index contributed by atoms with van der Waals surface area (Å²) in [6.45, 7) is 6.93. The highest BCUT2D eigenvalue weighted by molar-refractivity contribution is 7.92. The lowest BCUT2D eigenvalue weighted by Crippen LogP contribution is -2.51. The molecule has 270 valence electrons. The van der Waals surface area contributed by atoms with Crippen LogP contribution in [0.5, 0.6) is 5.75 Å². The minimum atomic E-state index is -3.73. The van der Waals surface area contributed by atoms with Gasteiger partial charge in [0.15, 0.2) is 0 Å². The average Bonchev–Trinajstić information content (AvgIpc) is 3.49. The van der Waals surface area contributed by atoms with Crippen molar-refractivity contribution in [2.45, 2.75) is 76.8 Å². The number of hydrogen-bond acceptors (Lipinski definition) is 8. The fraction of sp³-hybridized carbons (Fsp3) is 0.432. The second-order valence-electron chi connectivity index (χ2n) is 13.6. The van der Waals surface area contributed by atoms with Gasteiger partial charge >= 0.3 is 6.09 Å². The maximum atomic E-state index is 13.5. The monoisotopic (exact) mass is 708 g/mol. The van der Waals surface area contributed by atoms with E-state index in [0.717, 1.165) is 21.7 Å². The van der Waals surface area contributed by atoms with E-state index in [1.165, 1.54) is 25.2 Å². The molecule has 0 spiro atoms. The quantitative estimate of drug-likeness (QED) is 0.245. The van der Waals surface area contributed by atoms with E-state index in [1.54, 1.807) is 32.8 Å². The highest BCUT2D eigenvalue weighted by Gasteiger charge is 2.42. The standard InChI is InChI=1S/C37H48N4O8S/c1-24(26-13-9-8-10-14-26)39-35(44)28-20-27(21-30(22-28)40(5)50(7,46)47)34(43)38-23-33(42)32-17-16-29(41(32)36(45)49-37(2,3)4)18-25-12-11-15-31(19-25)48-6/h8-15,19-22,24,29,32-33,42H,16-18,23H2,1-7H3,(H,38,43)(H,39,44). The molecule has 3 aromatic rings. The number of aliphatic hydroxyl groups excluding tert-OH is 1. The Kier molecular flexibility index (Phi) is 12.2. The molecule has 0 radical (unpaired) electrons. The molecule has 12 nitrogen and oxygen atoms in total. The maximum absolute atomic E-state index is 13.5. The number of aliphatic hydroxyl groups is 1. The number of amides is 3. The van der Waals surface area contributed by atoms with Crippen molar-refractivity contribution >= 4 is 33.6 Å². The number of rotatable bonds is 12.